The largest absolute Gasteiger partial charge is 0.423 e. The number of halogens is 4. The molecule has 1 N–H and O–H groups in total. The van der Waals surface area contributed by atoms with Gasteiger partial charge in [-0.25, -0.2) is 0 Å². The van der Waals surface area contributed by atoms with Gasteiger partial charge in [-0.3, -0.25) is 14.9 Å². The third kappa shape index (κ3) is 7.30. The quantitative estimate of drug-likeness (QED) is 0.289. The van der Waals surface area contributed by atoms with Crippen LogP contribution in [0.15, 0.2) is 42.5 Å². The normalized spacial score (nSPS) is 17.5. The van der Waals surface area contributed by atoms with Gasteiger partial charge in [0.15, 0.2) is 0 Å². The predicted octanol–water partition coefficient (Wildman–Crippen LogP) is 6.76. The van der Waals surface area contributed by atoms with Gasteiger partial charge >= 0.3 is 6.18 Å². The van der Waals surface area contributed by atoms with Crippen LogP contribution in [0.1, 0.15) is 50.5 Å². The van der Waals surface area contributed by atoms with Crippen LogP contribution in [-0.2, 0) is 11.0 Å². The molecule has 11 heteroatoms. The molecule has 0 aromatic heterocycles. The maximum absolute atomic E-state index is 13.2. The number of alkyl halides is 3. The lowest BCUT2D eigenvalue weighted by Crippen LogP contribution is -2.42. The highest BCUT2D eigenvalue weighted by Gasteiger charge is 2.38. The Morgan fingerprint density at radius 1 is 1.03 bits per heavy atom. The molecule has 2 aromatic rings. The van der Waals surface area contributed by atoms with Crippen LogP contribution in [0.2, 0.25) is 5.02 Å². The Bertz CT molecular complexity index is 1110. The van der Waals surface area contributed by atoms with E-state index in [0.29, 0.717) is 38.3 Å². The number of carbonyl (C=O) groups is 1. The van der Waals surface area contributed by atoms with Crippen molar-refractivity contribution in [1.82, 2.24) is 4.90 Å². The van der Waals surface area contributed by atoms with Crippen LogP contribution in [0.25, 0.3) is 0 Å². The smallest absolute Gasteiger partial charge is 0.382 e. The molecule has 2 aliphatic heterocycles. The fourth-order valence-electron chi connectivity index (χ4n) is 5.35. The van der Waals surface area contributed by atoms with E-state index in [0.717, 1.165) is 55.9 Å². The molecule has 206 valence electrons. The van der Waals surface area contributed by atoms with E-state index < -0.39 is 22.4 Å². The standard InChI is InChI=1S/C27H32ClF3N4O3/c28-20-4-7-23(8-5-20)33-14-10-19(11-15-33)2-1-3-26(36)34-16-12-21(13-17-34)32-22-6-9-25(35(37)38)24(18-22)27(29,30)31/h4-9,18-19,21,32H,1-3,10-17H2. The minimum absolute atomic E-state index is 0.104. The second-order valence-corrected chi connectivity index (χ2v) is 10.5. The third-order valence-corrected chi connectivity index (χ3v) is 7.78. The zero-order valence-electron chi connectivity index (χ0n) is 21.1. The summed E-state index contributed by atoms with van der Waals surface area (Å²) in [6, 6.07) is 10.8. The minimum atomic E-state index is -4.82. The van der Waals surface area contributed by atoms with Gasteiger partial charge in [-0.2, -0.15) is 13.2 Å². The second kappa shape index (κ2) is 12.2. The van der Waals surface area contributed by atoms with Gasteiger partial charge in [0.1, 0.15) is 5.56 Å². The highest BCUT2D eigenvalue weighted by molar-refractivity contribution is 6.30. The Labute approximate surface area is 225 Å². The number of rotatable bonds is 8. The van der Waals surface area contributed by atoms with Crippen molar-refractivity contribution >= 4 is 34.6 Å². The fourth-order valence-corrected chi connectivity index (χ4v) is 5.48. The van der Waals surface area contributed by atoms with Crippen molar-refractivity contribution in [2.75, 3.05) is 36.4 Å². The monoisotopic (exact) mass is 552 g/mol. The maximum Gasteiger partial charge on any atom is 0.423 e. The molecule has 7 nitrogen and oxygen atoms in total. The van der Waals surface area contributed by atoms with Crippen LogP contribution in [-0.4, -0.2) is 48.0 Å². The maximum atomic E-state index is 13.2. The number of nitro benzene ring substituents is 1. The van der Waals surface area contributed by atoms with Gasteiger partial charge in [-0.15, -0.1) is 0 Å². The van der Waals surface area contributed by atoms with Crippen molar-refractivity contribution in [2.45, 2.75) is 57.2 Å². The second-order valence-electron chi connectivity index (χ2n) is 10.1. The van der Waals surface area contributed by atoms with Gasteiger partial charge in [0.25, 0.3) is 5.69 Å². The summed E-state index contributed by atoms with van der Waals surface area (Å²) >= 11 is 5.98. The number of amides is 1. The summed E-state index contributed by atoms with van der Waals surface area (Å²) < 4.78 is 39.7. The Morgan fingerprint density at radius 3 is 2.29 bits per heavy atom. The van der Waals surface area contributed by atoms with Crippen LogP contribution in [0.3, 0.4) is 0 Å². The van der Waals surface area contributed by atoms with Gasteiger partial charge in [0.2, 0.25) is 5.91 Å². The summed E-state index contributed by atoms with van der Waals surface area (Å²) in [5.41, 5.74) is -0.851. The van der Waals surface area contributed by atoms with E-state index in [9.17, 15) is 28.1 Å². The molecule has 38 heavy (non-hydrogen) atoms. The number of hydrogen-bond donors (Lipinski definition) is 1. The first-order valence-electron chi connectivity index (χ1n) is 13.0. The van der Waals surface area contributed by atoms with Crippen molar-refractivity contribution < 1.29 is 22.9 Å². The van der Waals surface area contributed by atoms with Gasteiger partial charge < -0.3 is 15.1 Å². The average Bonchev–Trinajstić information content (AvgIpc) is 2.89. The molecule has 0 saturated carbocycles. The summed E-state index contributed by atoms with van der Waals surface area (Å²) in [4.78, 5) is 26.9. The van der Waals surface area contributed by atoms with E-state index in [2.05, 4.69) is 10.2 Å². The Kier molecular flexibility index (Phi) is 9.02. The number of piperidine rings is 2. The van der Waals surface area contributed by atoms with Gasteiger partial charge in [0, 0.05) is 61.1 Å². The topological polar surface area (TPSA) is 78.7 Å². The Balaban J connectivity index is 1.17. The molecule has 2 aromatic carbocycles. The van der Waals surface area contributed by atoms with Crippen molar-refractivity contribution in [3.8, 4) is 0 Å². The molecule has 2 saturated heterocycles. The highest BCUT2D eigenvalue weighted by atomic mass is 35.5. The fraction of sp³-hybridized carbons (Fsp3) is 0.519. The lowest BCUT2D eigenvalue weighted by Gasteiger charge is -2.34. The lowest BCUT2D eigenvalue weighted by molar-refractivity contribution is -0.388. The van der Waals surface area contributed by atoms with Crippen LogP contribution < -0.4 is 10.2 Å². The first kappa shape index (κ1) is 28.0. The molecular formula is C27H32ClF3N4O3. The Morgan fingerprint density at radius 2 is 1.68 bits per heavy atom. The number of nitrogens with zero attached hydrogens (tertiary/aromatic N) is 3. The first-order valence-corrected chi connectivity index (χ1v) is 13.4. The van der Waals surface area contributed by atoms with Crippen LogP contribution in [0, 0.1) is 16.0 Å². The minimum Gasteiger partial charge on any atom is -0.382 e. The molecule has 4 rings (SSSR count). The lowest BCUT2D eigenvalue weighted by atomic mass is 9.91. The van der Waals surface area contributed by atoms with Crippen LogP contribution >= 0.6 is 11.6 Å². The van der Waals surface area contributed by atoms with E-state index in [1.165, 1.54) is 11.8 Å². The SMILES string of the molecule is O=C(CCCC1CCN(c2ccc(Cl)cc2)CC1)N1CCC(Nc2ccc([N+](=O)[O-])c(C(F)(F)F)c2)CC1. The number of anilines is 2. The zero-order chi connectivity index (χ0) is 27.3. The number of nitrogens with one attached hydrogen (secondary N) is 1. The molecule has 0 spiro atoms. The summed E-state index contributed by atoms with van der Waals surface area (Å²) in [7, 11) is 0. The van der Waals surface area contributed by atoms with E-state index in [1.807, 2.05) is 29.2 Å². The molecule has 2 fully saturated rings. The number of benzene rings is 2. The van der Waals surface area contributed by atoms with Crippen molar-refractivity contribution in [2.24, 2.45) is 5.92 Å². The molecule has 0 atom stereocenters. The van der Waals surface area contributed by atoms with Gasteiger partial charge in [-0.1, -0.05) is 11.6 Å². The molecule has 0 bridgehead atoms. The number of nitro groups is 1. The molecule has 0 radical (unpaired) electrons. The highest BCUT2D eigenvalue weighted by Crippen LogP contribution is 2.38. The number of hydrogen-bond acceptors (Lipinski definition) is 5. The van der Waals surface area contributed by atoms with Crippen LogP contribution in [0.5, 0.6) is 0 Å². The summed E-state index contributed by atoms with van der Waals surface area (Å²) in [5, 5.41) is 14.7. The molecule has 2 heterocycles. The zero-order valence-corrected chi connectivity index (χ0v) is 21.8. The summed E-state index contributed by atoms with van der Waals surface area (Å²) in [6.07, 6.45) is 0.988. The molecule has 0 aliphatic carbocycles. The number of carbonyl (C=O) groups excluding carboxylic acids is 1. The van der Waals surface area contributed by atoms with Gasteiger partial charge in [0.05, 0.1) is 4.92 Å². The summed E-state index contributed by atoms with van der Waals surface area (Å²) in [6.45, 7) is 3.07. The summed E-state index contributed by atoms with van der Waals surface area (Å²) in [5.74, 6) is 0.737. The van der Waals surface area contributed by atoms with E-state index >= 15 is 0 Å². The van der Waals surface area contributed by atoms with E-state index in [-0.39, 0.29) is 17.6 Å². The number of likely N-dealkylation sites (tertiary alicyclic amines) is 1. The van der Waals surface area contributed by atoms with E-state index in [4.69, 9.17) is 11.6 Å². The van der Waals surface area contributed by atoms with Crippen molar-refractivity contribution in [1.29, 1.82) is 0 Å². The van der Waals surface area contributed by atoms with E-state index in [1.54, 1.807) is 0 Å². The molecule has 2 aliphatic rings. The first-order chi connectivity index (χ1) is 18.1. The average molecular weight is 553 g/mol. The predicted molar refractivity (Wildman–Crippen MR) is 142 cm³/mol. The van der Waals surface area contributed by atoms with Crippen LogP contribution in [0.4, 0.5) is 30.2 Å². The van der Waals surface area contributed by atoms with Gasteiger partial charge in [-0.05, 0) is 80.8 Å². The molecule has 1 amide bonds. The molecule has 0 unspecified atom stereocenters. The van der Waals surface area contributed by atoms with Crippen molar-refractivity contribution in [3.63, 3.8) is 0 Å². The molecular weight excluding hydrogens is 521 g/mol. The van der Waals surface area contributed by atoms with Crippen molar-refractivity contribution in [3.05, 3.63) is 63.2 Å². The Hall–Kier alpha value is -3.01. The third-order valence-electron chi connectivity index (χ3n) is 7.53.